The molecule has 1 aliphatic heterocycles. The highest BCUT2D eigenvalue weighted by Crippen LogP contribution is 2.49. The van der Waals surface area contributed by atoms with E-state index in [9.17, 15) is 9.90 Å². The summed E-state index contributed by atoms with van der Waals surface area (Å²) in [5.74, 6) is 2.36. The molecule has 4 nitrogen and oxygen atoms in total. The lowest BCUT2D eigenvalue weighted by Gasteiger charge is -2.27. The van der Waals surface area contributed by atoms with Crippen molar-refractivity contribution in [3.63, 3.8) is 0 Å². The lowest BCUT2D eigenvalue weighted by molar-refractivity contribution is -0.124. The Morgan fingerprint density at radius 1 is 1.42 bits per heavy atom. The molecule has 5 atom stereocenters. The van der Waals surface area contributed by atoms with Gasteiger partial charge in [0.15, 0.2) is 0 Å². The molecule has 3 fully saturated rings. The number of nitrogens with one attached hydrogen (secondary N) is 1. The van der Waals surface area contributed by atoms with E-state index in [1.807, 2.05) is 6.92 Å². The molecule has 2 saturated carbocycles. The Bertz CT molecular complexity index is 359. The van der Waals surface area contributed by atoms with E-state index in [1.165, 1.54) is 25.7 Å². The van der Waals surface area contributed by atoms with E-state index in [0.717, 1.165) is 11.8 Å². The normalized spacial score (nSPS) is 44.7. The first-order valence-corrected chi connectivity index (χ1v) is 7.67. The van der Waals surface area contributed by atoms with Gasteiger partial charge in [-0.25, -0.2) is 0 Å². The fourth-order valence-corrected chi connectivity index (χ4v) is 4.19. The van der Waals surface area contributed by atoms with E-state index in [4.69, 9.17) is 4.74 Å². The van der Waals surface area contributed by atoms with Gasteiger partial charge in [-0.05, 0) is 43.9 Å². The Labute approximate surface area is 114 Å². The predicted octanol–water partition coefficient (Wildman–Crippen LogP) is 1.47. The van der Waals surface area contributed by atoms with Gasteiger partial charge in [0.1, 0.15) is 5.60 Å². The summed E-state index contributed by atoms with van der Waals surface area (Å²) in [5, 5.41) is 13.2. The van der Waals surface area contributed by atoms with E-state index >= 15 is 0 Å². The fraction of sp³-hybridized carbons (Fsp3) is 0.933. The van der Waals surface area contributed by atoms with Crippen LogP contribution >= 0.6 is 0 Å². The van der Waals surface area contributed by atoms with Gasteiger partial charge in [0.25, 0.3) is 0 Å². The van der Waals surface area contributed by atoms with Gasteiger partial charge in [-0.15, -0.1) is 0 Å². The molecule has 1 saturated heterocycles. The van der Waals surface area contributed by atoms with Crippen LogP contribution in [0.5, 0.6) is 0 Å². The SMILES string of the molecule is CC1OCCC1(O)CNC(=O)CC1CC2CCC1C2. The van der Waals surface area contributed by atoms with Gasteiger partial charge in [-0.2, -0.15) is 0 Å². The first kappa shape index (κ1) is 13.4. The first-order chi connectivity index (χ1) is 9.07. The van der Waals surface area contributed by atoms with E-state index in [-0.39, 0.29) is 12.0 Å². The van der Waals surface area contributed by atoms with E-state index in [0.29, 0.717) is 31.9 Å². The zero-order chi connectivity index (χ0) is 13.5. The zero-order valence-corrected chi connectivity index (χ0v) is 11.7. The van der Waals surface area contributed by atoms with Crippen molar-refractivity contribution in [2.24, 2.45) is 17.8 Å². The second kappa shape index (κ2) is 5.06. The Kier molecular flexibility index (Phi) is 3.56. The minimum Gasteiger partial charge on any atom is -0.385 e. The molecule has 4 heteroatoms. The van der Waals surface area contributed by atoms with Crippen LogP contribution in [0.4, 0.5) is 0 Å². The number of amides is 1. The first-order valence-electron chi connectivity index (χ1n) is 7.67. The molecule has 0 aromatic rings. The second-order valence-corrected chi connectivity index (χ2v) is 6.78. The topological polar surface area (TPSA) is 58.6 Å². The van der Waals surface area contributed by atoms with Crippen LogP contribution in [0.15, 0.2) is 0 Å². The van der Waals surface area contributed by atoms with Crippen LogP contribution in [0.2, 0.25) is 0 Å². The Hall–Kier alpha value is -0.610. The number of ether oxygens (including phenoxy) is 1. The summed E-state index contributed by atoms with van der Waals surface area (Å²) < 4.78 is 5.37. The number of carbonyl (C=O) groups is 1. The minimum atomic E-state index is -0.871. The third-order valence-electron chi connectivity index (χ3n) is 5.58. The van der Waals surface area contributed by atoms with Crippen molar-refractivity contribution >= 4 is 5.91 Å². The van der Waals surface area contributed by atoms with Gasteiger partial charge in [-0.1, -0.05) is 6.42 Å². The number of aliphatic hydroxyl groups is 1. The average molecular weight is 267 g/mol. The van der Waals surface area contributed by atoms with Crippen LogP contribution in [0.25, 0.3) is 0 Å². The standard InChI is InChI=1S/C15H25NO3/c1-10-15(18,4-5-19-10)9-16-14(17)8-13-7-11-2-3-12(13)6-11/h10-13,18H,2-9H2,1H3,(H,16,17). The molecule has 108 valence electrons. The van der Waals surface area contributed by atoms with Crippen LogP contribution in [-0.4, -0.2) is 35.9 Å². The van der Waals surface area contributed by atoms with Gasteiger partial charge >= 0.3 is 0 Å². The molecule has 19 heavy (non-hydrogen) atoms. The highest BCUT2D eigenvalue weighted by Gasteiger charge is 2.42. The molecule has 3 aliphatic rings. The van der Waals surface area contributed by atoms with Gasteiger partial charge in [0, 0.05) is 26.0 Å². The predicted molar refractivity (Wildman–Crippen MR) is 71.5 cm³/mol. The third kappa shape index (κ3) is 2.65. The second-order valence-electron chi connectivity index (χ2n) is 6.78. The van der Waals surface area contributed by atoms with Crippen LogP contribution in [0.3, 0.4) is 0 Å². The number of fused-ring (bicyclic) bond motifs is 2. The molecule has 2 aliphatic carbocycles. The molecule has 2 bridgehead atoms. The number of rotatable bonds is 4. The van der Waals surface area contributed by atoms with Crippen LogP contribution < -0.4 is 5.32 Å². The molecular formula is C15H25NO3. The van der Waals surface area contributed by atoms with Crippen LogP contribution in [-0.2, 0) is 9.53 Å². The molecule has 1 heterocycles. The summed E-state index contributed by atoms with van der Waals surface area (Å²) in [6.45, 7) is 2.78. The molecule has 0 aromatic carbocycles. The maximum Gasteiger partial charge on any atom is 0.220 e. The molecule has 0 radical (unpaired) electrons. The van der Waals surface area contributed by atoms with Crippen molar-refractivity contribution in [1.29, 1.82) is 0 Å². The number of carbonyl (C=O) groups excluding carboxylic acids is 1. The van der Waals surface area contributed by atoms with Crippen molar-refractivity contribution in [2.45, 2.75) is 57.2 Å². The summed E-state index contributed by atoms with van der Waals surface area (Å²) in [5.41, 5.74) is -0.871. The lowest BCUT2D eigenvalue weighted by atomic mass is 9.86. The largest absolute Gasteiger partial charge is 0.385 e. The van der Waals surface area contributed by atoms with Crippen LogP contribution in [0, 0.1) is 17.8 Å². The van der Waals surface area contributed by atoms with Crippen molar-refractivity contribution in [2.75, 3.05) is 13.2 Å². The minimum absolute atomic E-state index is 0.102. The highest BCUT2D eigenvalue weighted by atomic mass is 16.5. The van der Waals surface area contributed by atoms with Gasteiger partial charge in [-0.3, -0.25) is 4.79 Å². The Morgan fingerprint density at radius 2 is 2.26 bits per heavy atom. The Balaban J connectivity index is 1.44. The highest BCUT2D eigenvalue weighted by molar-refractivity contribution is 5.76. The smallest absolute Gasteiger partial charge is 0.220 e. The average Bonchev–Trinajstić information content (AvgIpc) is 3.05. The third-order valence-corrected chi connectivity index (χ3v) is 5.58. The van der Waals surface area contributed by atoms with Gasteiger partial charge < -0.3 is 15.2 Å². The summed E-state index contributed by atoms with van der Waals surface area (Å²) in [6, 6.07) is 0. The van der Waals surface area contributed by atoms with Crippen molar-refractivity contribution in [3.05, 3.63) is 0 Å². The molecular weight excluding hydrogens is 242 g/mol. The zero-order valence-electron chi connectivity index (χ0n) is 11.7. The quantitative estimate of drug-likeness (QED) is 0.811. The van der Waals surface area contributed by atoms with Gasteiger partial charge in [0.2, 0.25) is 5.91 Å². The monoisotopic (exact) mass is 267 g/mol. The molecule has 1 amide bonds. The molecule has 2 N–H and O–H groups in total. The maximum atomic E-state index is 12.0. The summed E-state index contributed by atoms with van der Waals surface area (Å²) in [7, 11) is 0. The van der Waals surface area contributed by atoms with E-state index < -0.39 is 5.60 Å². The molecule has 3 rings (SSSR count). The fourth-order valence-electron chi connectivity index (χ4n) is 4.19. The Morgan fingerprint density at radius 3 is 2.84 bits per heavy atom. The van der Waals surface area contributed by atoms with Crippen molar-refractivity contribution in [3.8, 4) is 0 Å². The lowest BCUT2D eigenvalue weighted by Crippen LogP contribution is -2.47. The summed E-state index contributed by atoms with van der Waals surface area (Å²) in [6.07, 6.45) is 6.34. The molecule has 0 spiro atoms. The van der Waals surface area contributed by atoms with E-state index in [2.05, 4.69) is 5.32 Å². The van der Waals surface area contributed by atoms with Crippen molar-refractivity contribution < 1.29 is 14.6 Å². The van der Waals surface area contributed by atoms with Gasteiger partial charge in [0.05, 0.1) is 6.10 Å². The number of hydrogen-bond acceptors (Lipinski definition) is 3. The van der Waals surface area contributed by atoms with E-state index in [1.54, 1.807) is 0 Å². The molecule has 0 aromatic heterocycles. The van der Waals surface area contributed by atoms with Crippen molar-refractivity contribution in [1.82, 2.24) is 5.32 Å². The molecule has 5 unspecified atom stereocenters. The maximum absolute atomic E-state index is 12.0. The number of hydrogen-bond donors (Lipinski definition) is 2. The summed E-state index contributed by atoms with van der Waals surface area (Å²) in [4.78, 5) is 12.0. The summed E-state index contributed by atoms with van der Waals surface area (Å²) >= 11 is 0. The van der Waals surface area contributed by atoms with Crippen LogP contribution in [0.1, 0.15) is 45.4 Å².